The molecule has 1 aromatic rings. The van der Waals surface area contributed by atoms with Crippen LogP contribution in [0.15, 0.2) is 12.3 Å². The predicted molar refractivity (Wildman–Crippen MR) is 69.2 cm³/mol. The van der Waals surface area contributed by atoms with Crippen LogP contribution < -0.4 is 5.32 Å². The van der Waals surface area contributed by atoms with E-state index >= 15 is 0 Å². The first-order valence-corrected chi connectivity index (χ1v) is 6.10. The average Bonchev–Trinajstić information content (AvgIpc) is 2.52. The third kappa shape index (κ3) is 1.68. The lowest BCUT2D eigenvalue weighted by molar-refractivity contribution is 0.457. The molecule has 2 rings (SSSR count). The summed E-state index contributed by atoms with van der Waals surface area (Å²) in [5.41, 5.74) is 0.523. The monoisotopic (exact) mass is 258 g/mol. The van der Waals surface area contributed by atoms with Crippen LogP contribution in [0.2, 0.25) is 10.0 Å². The second-order valence-electron chi connectivity index (χ2n) is 5.50. The van der Waals surface area contributed by atoms with Crippen molar-refractivity contribution in [1.29, 1.82) is 0 Å². The van der Waals surface area contributed by atoms with Crippen molar-refractivity contribution in [2.24, 2.45) is 10.8 Å². The van der Waals surface area contributed by atoms with Gasteiger partial charge >= 0.3 is 0 Å². The highest BCUT2D eigenvalue weighted by molar-refractivity contribution is 6.35. The van der Waals surface area contributed by atoms with Crippen molar-refractivity contribution in [3.63, 3.8) is 0 Å². The number of aromatic nitrogens is 1. The summed E-state index contributed by atoms with van der Waals surface area (Å²) in [6.07, 6.45) is 1.61. The van der Waals surface area contributed by atoms with E-state index in [9.17, 15) is 0 Å². The van der Waals surface area contributed by atoms with Crippen LogP contribution in [-0.4, -0.2) is 11.0 Å². The molecule has 1 saturated carbocycles. The lowest BCUT2D eigenvalue weighted by Crippen LogP contribution is -2.11. The third-order valence-corrected chi connectivity index (χ3v) is 4.60. The third-order valence-electron chi connectivity index (χ3n) is 4.11. The Kier molecular flexibility index (Phi) is 2.63. The topological polar surface area (TPSA) is 24.9 Å². The van der Waals surface area contributed by atoms with Crippen molar-refractivity contribution < 1.29 is 0 Å². The van der Waals surface area contributed by atoms with Gasteiger partial charge in [0.05, 0.1) is 10.0 Å². The Bertz CT molecular complexity index is 413. The minimum absolute atomic E-state index is 0.262. The van der Waals surface area contributed by atoms with E-state index in [1.54, 1.807) is 12.3 Å². The van der Waals surface area contributed by atoms with Gasteiger partial charge in [-0.2, -0.15) is 0 Å². The number of hydrogen-bond donors (Lipinski definition) is 1. The standard InChI is InChI=1S/C12H16Cl2N2/c1-11(2)10(12(11,3)4)16-9-8(14)5-7(13)6-15-9/h5-6,10H,1-4H3,(H,15,16). The Balaban J connectivity index is 2.18. The molecule has 16 heavy (non-hydrogen) atoms. The Morgan fingerprint density at radius 2 is 1.75 bits per heavy atom. The summed E-state index contributed by atoms with van der Waals surface area (Å²) < 4.78 is 0. The van der Waals surface area contributed by atoms with Gasteiger partial charge in [-0.25, -0.2) is 4.98 Å². The van der Waals surface area contributed by atoms with Crippen molar-refractivity contribution in [2.45, 2.75) is 33.7 Å². The van der Waals surface area contributed by atoms with Gasteiger partial charge in [0.15, 0.2) is 0 Å². The molecule has 0 unspecified atom stereocenters. The molecule has 0 spiro atoms. The number of nitrogens with one attached hydrogen (secondary N) is 1. The van der Waals surface area contributed by atoms with Crippen molar-refractivity contribution in [3.8, 4) is 0 Å². The molecule has 2 nitrogen and oxygen atoms in total. The molecule has 1 heterocycles. The molecular weight excluding hydrogens is 243 g/mol. The zero-order valence-electron chi connectivity index (χ0n) is 9.94. The van der Waals surface area contributed by atoms with Gasteiger partial charge in [-0.1, -0.05) is 50.9 Å². The fourth-order valence-electron chi connectivity index (χ4n) is 2.21. The fraction of sp³-hybridized carbons (Fsp3) is 0.583. The Morgan fingerprint density at radius 3 is 2.19 bits per heavy atom. The lowest BCUT2D eigenvalue weighted by atomic mass is 10.0. The van der Waals surface area contributed by atoms with Gasteiger partial charge in [-0.05, 0) is 16.9 Å². The number of anilines is 1. The van der Waals surface area contributed by atoms with Gasteiger partial charge in [-0.3, -0.25) is 0 Å². The molecule has 0 radical (unpaired) electrons. The van der Waals surface area contributed by atoms with Gasteiger partial charge < -0.3 is 5.32 Å². The summed E-state index contributed by atoms with van der Waals surface area (Å²) in [4.78, 5) is 4.21. The van der Waals surface area contributed by atoms with Crippen LogP contribution in [0, 0.1) is 10.8 Å². The summed E-state index contributed by atoms with van der Waals surface area (Å²) >= 11 is 11.9. The van der Waals surface area contributed by atoms with Crippen molar-refractivity contribution in [3.05, 3.63) is 22.3 Å². The van der Waals surface area contributed by atoms with Gasteiger partial charge in [-0.15, -0.1) is 0 Å². The molecular formula is C12H16Cl2N2. The zero-order valence-corrected chi connectivity index (χ0v) is 11.4. The smallest absolute Gasteiger partial charge is 0.145 e. The van der Waals surface area contributed by atoms with Crippen LogP contribution in [0.1, 0.15) is 27.7 Å². The largest absolute Gasteiger partial charge is 0.365 e. The Labute approximate surface area is 106 Å². The number of halogens is 2. The number of rotatable bonds is 2. The molecule has 1 fully saturated rings. The first-order chi connectivity index (χ1) is 7.26. The molecule has 0 aliphatic heterocycles. The van der Waals surface area contributed by atoms with Crippen LogP contribution in [0.4, 0.5) is 5.82 Å². The average molecular weight is 259 g/mol. The van der Waals surface area contributed by atoms with Gasteiger partial charge in [0.1, 0.15) is 5.82 Å². The highest BCUT2D eigenvalue weighted by Gasteiger charge is 2.65. The molecule has 1 aromatic heterocycles. The predicted octanol–water partition coefficient (Wildman–Crippen LogP) is 4.23. The lowest BCUT2D eigenvalue weighted by Gasteiger charge is -2.09. The molecule has 0 saturated heterocycles. The maximum absolute atomic E-state index is 6.08. The number of nitrogens with zero attached hydrogens (tertiary/aromatic N) is 1. The van der Waals surface area contributed by atoms with E-state index in [4.69, 9.17) is 23.2 Å². The SMILES string of the molecule is CC1(C)C(Nc2ncc(Cl)cc2Cl)C1(C)C. The van der Waals surface area contributed by atoms with Crippen LogP contribution in [0.3, 0.4) is 0 Å². The second kappa shape index (κ2) is 3.51. The van der Waals surface area contributed by atoms with Crippen molar-refractivity contribution in [2.75, 3.05) is 5.32 Å². The molecule has 4 heteroatoms. The second-order valence-corrected chi connectivity index (χ2v) is 6.35. The maximum Gasteiger partial charge on any atom is 0.145 e. The molecule has 0 bridgehead atoms. The molecule has 1 N–H and O–H groups in total. The molecule has 0 aromatic carbocycles. The Morgan fingerprint density at radius 1 is 1.19 bits per heavy atom. The summed E-state index contributed by atoms with van der Waals surface area (Å²) in [7, 11) is 0. The van der Waals surface area contributed by atoms with Crippen LogP contribution >= 0.6 is 23.2 Å². The molecule has 1 aliphatic carbocycles. The minimum Gasteiger partial charge on any atom is -0.365 e. The van der Waals surface area contributed by atoms with Gasteiger partial charge in [0.2, 0.25) is 0 Å². The fourth-order valence-corrected chi connectivity index (χ4v) is 2.65. The first-order valence-electron chi connectivity index (χ1n) is 5.34. The quantitative estimate of drug-likeness (QED) is 0.859. The number of pyridine rings is 1. The maximum atomic E-state index is 6.08. The minimum atomic E-state index is 0.262. The summed E-state index contributed by atoms with van der Waals surface area (Å²) in [6, 6.07) is 2.10. The van der Waals surface area contributed by atoms with E-state index < -0.39 is 0 Å². The van der Waals surface area contributed by atoms with E-state index in [2.05, 4.69) is 38.0 Å². The van der Waals surface area contributed by atoms with E-state index in [0.29, 0.717) is 16.1 Å². The Hall–Kier alpha value is -0.470. The zero-order chi connectivity index (χ0) is 12.1. The molecule has 0 atom stereocenters. The summed E-state index contributed by atoms with van der Waals surface area (Å²) in [5.74, 6) is 0.717. The van der Waals surface area contributed by atoms with Gasteiger partial charge in [0, 0.05) is 12.2 Å². The molecule has 88 valence electrons. The van der Waals surface area contributed by atoms with E-state index in [1.165, 1.54) is 0 Å². The van der Waals surface area contributed by atoms with E-state index in [1.807, 2.05) is 0 Å². The summed E-state index contributed by atoms with van der Waals surface area (Å²) in [6.45, 7) is 8.98. The van der Waals surface area contributed by atoms with Crippen LogP contribution in [0.25, 0.3) is 0 Å². The van der Waals surface area contributed by atoms with Crippen LogP contribution in [0.5, 0.6) is 0 Å². The van der Waals surface area contributed by atoms with Crippen molar-refractivity contribution >= 4 is 29.0 Å². The molecule has 1 aliphatic rings. The normalized spacial score (nSPS) is 21.9. The van der Waals surface area contributed by atoms with E-state index in [-0.39, 0.29) is 10.8 Å². The first kappa shape index (κ1) is 12.0. The van der Waals surface area contributed by atoms with E-state index in [0.717, 1.165) is 5.82 Å². The highest BCUT2D eigenvalue weighted by Crippen LogP contribution is 2.63. The van der Waals surface area contributed by atoms with Crippen LogP contribution in [-0.2, 0) is 0 Å². The number of hydrogen-bond acceptors (Lipinski definition) is 2. The highest BCUT2D eigenvalue weighted by atomic mass is 35.5. The van der Waals surface area contributed by atoms with Gasteiger partial charge in [0.25, 0.3) is 0 Å². The molecule has 0 amide bonds. The van der Waals surface area contributed by atoms with Crippen molar-refractivity contribution in [1.82, 2.24) is 4.98 Å². The summed E-state index contributed by atoms with van der Waals surface area (Å²) in [5, 5.41) is 4.53.